The van der Waals surface area contributed by atoms with E-state index < -0.39 is 0 Å². The minimum absolute atomic E-state index is 0.0701. The average molecular weight is 218 g/mol. The summed E-state index contributed by atoms with van der Waals surface area (Å²) < 4.78 is 0. The third kappa shape index (κ3) is 1.78. The first-order chi connectivity index (χ1) is 7.66. The molecule has 1 aromatic carbocycles. The van der Waals surface area contributed by atoms with Gasteiger partial charge < -0.3 is 9.90 Å². The number of hydrogen-bond donors (Lipinski definition) is 1. The largest absolute Gasteiger partial charge is 0.396 e. The van der Waals surface area contributed by atoms with Crippen LogP contribution in [-0.2, 0) is 11.2 Å². The Morgan fingerprint density at radius 1 is 1.38 bits per heavy atom. The van der Waals surface area contributed by atoms with E-state index in [0.29, 0.717) is 0 Å². The molecule has 0 spiro atoms. The van der Waals surface area contributed by atoms with Crippen molar-refractivity contribution < 1.29 is 9.90 Å². The molecule has 0 bridgehead atoms. The molecule has 0 aromatic heterocycles. The Labute approximate surface area is 96.3 Å². The fraction of sp³-hybridized carbons (Fsp3) is 0.500. The van der Waals surface area contributed by atoms with E-state index in [9.17, 15) is 9.90 Å². The lowest BCUT2D eigenvalue weighted by Gasteiger charge is -2.33. The van der Waals surface area contributed by atoms with Gasteiger partial charge in [-0.25, -0.2) is 0 Å². The highest BCUT2D eigenvalue weighted by molar-refractivity contribution is 5.65. The second-order valence-electron chi connectivity index (χ2n) is 5.16. The van der Waals surface area contributed by atoms with Gasteiger partial charge in [0, 0.05) is 17.4 Å². The van der Waals surface area contributed by atoms with Crippen LogP contribution < -0.4 is 0 Å². The van der Waals surface area contributed by atoms with E-state index in [-0.39, 0.29) is 17.4 Å². The highest BCUT2D eigenvalue weighted by atomic mass is 16.3. The minimum Gasteiger partial charge on any atom is -0.396 e. The number of aliphatic hydroxyl groups is 1. The molecule has 2 heteroatoms. The number of rotatable bonds is 5. The predicted molar refractivity (Wildman–Crippen MR) is 63.1 cm³/mol. The zero-order chi connectivity index (χ0) is 11.6. The van der Waals surface area contributed by atoms with Gasteiger partial charge in [-0.1, -0.05) is 37.3 Å². The van der Waals surface area contributed by atoms with Crippen molar-refractivity contribution in [1.29, 1.82) is 0 Å². The normalized spacial score (nSPS) is 21.1. The van der Waals surface area contributed by atoms with Crippen LogP contribution in [0, 0.1) is 10.8 Å². The Kier molecular flexibility index (Phi) is 2.85. The maximum absolute atomic E-state index is 11.2. The molecule has 1 aliphatic carbocycles. The number of carbonyl (C=O) groups excluding carboxylic acids is 1. The van der Waals surface area contributed by atoms with E-state index in [0.717, 1.165) is 25.5 Å². The van der Waals surface area contributed by atoms with Crippen molar-refractivity contribution in [2.24, 2.45) is 10.8 Å². The summed E-state index contributed by atoms with van der Waals surface area (Å²) in [6.07, 6.45) is 3.65. The van der Waals surface area contributed by atoms with Gasteiger partial charge in [0.15, 0.2) is 0 Å². The topological polar surface area (TPSA) is 37.3 Å². The summed E-state index contributed by atoms with van der Waals surface area (Å²) >= 11 is 0. The molecule has 16 heavy (non-hydrogen) atoms. The summed E-state index contributed by atoms with van der Waals surface area (Å²) in [5.41, 5.74) is 0.598. The molecule has 1 atom stereocenters. The fourth-order valence-electron chi connectivity index (χ4n) is 2.43. The molecule has 1 saturated carbocycles. The summed E-state index contributed by atoms with van der Waals surface area (Å²) in [4.78, 5) is 11.2. The van der Waals surface area contributed by atoms with Gasteiger partial charge >= 0.3 is 0 Å². The summed E-state index contributed by atoms with van der Waals surface area (Å²) in [7, 11) is 0. The fourth-order valence-corrected chi connectivity index (χ4v) is 2.43. The van der Waals surface area contributed by atoms with Crippen molar-refractivity contribution in [3.05, 3.63) is 35.9 Å². The zero-order valence-electron chi connectivity index (χ0n) is 9.65. The molecule has 0 aliphatic heterocycles. The summed E-state index contributed by atoms with van der Waals surface area (Å²) in [6.45, 7) is 2.09. The SMILES string of the molecule is CC(CO)(Cc1ccccc1)C1(C=O)CC1. The van der Waals surface area contributed by atoms with Crippen LogP contribution in [0.15, 0.2) is 30.3 Å². The molecule has 1 unspecified atom stereocenters. The number of benzene rings is 1. The zero-order valence-corrected chi connectivity index (χ0v) is 9.65. The maximum atomic E-state index is 11.2. The third-order valence-corrected chi connectivity index (χ3v) is 4.00. The molecule has 1 N–H and O–H groups in total. The average Bonchev–Trinajstić information content (AvgIpc) is 3.11. The van der Waals surface area contributed by atoms with E-state index in [2.05, 4.69) is 12.1 Å². The molecule has 1 aliphatic rings. The van der Waals surface area contributed by atoms with Gasteiger partial charge in [0.1, 0.15) is 6.29 Å². The van der Waals surface area contributed by atoms with E-state index in [4.69, 9.17) is 0 Å². The number of aldehydes is 1. The lowest BCUT2D eigenvalue weighted by Crippen LogP contribution is -2.36. The first kappa shape index (κ1) is 11.3. The van der Waals surface area contributed by atoms with Crippen LogP contribution in [0.5, 0.6) is 0 Å². The van der Waals surface area contributed by atoms with Gasteiger partial charge in [-0.3, -0.25) is 0 Å². The van der Waals surface area contributed by atoms with Crippen molar-refractivity contribution in [2.75, 3.05) is 6.61 Å². The Morgan fingerprint density at radius 3 is 2.44 bits per heavy atom. The van der Waals surface area contributed by atoms with E-state index in [1.54, 1.807) is 0 Å². The molecule has 1 fully saturated rings. The van der Waals surface area contributed by atoms with Gasteiger partial charge in [0.05, 0.1) is 0 Å². The van der Waals surface area contributed by atoms with Crippen LogP contribution >= 0.6 is 0 Å². The Hall–Kier alpha value is -1.15. The van der Waals surface area contributed by atoms with Crippen LogP contribution in [0.25, 0.3) is 0 Å². The van der Waals surface area contributed by atoms with Crippen LogP contribution in [0.3, 0.4) is 0 Å². The van der Waals surface area contributed by atoms with Gasteiger partial charge in [0.25, 0.3) is 0 Å². The van der Waals surface area contributed by atoms with Crippen LogP contribution in [-0.4, -0.2) is 18.0 Å². The van der Waals surface area contributed by atoms with Crippen molar-refractivity contribution in [3.63, 3.8) is 0 Å². The highest BCUT2D eigenvalue weighted by Crippen LogP contribution is 2.58. The van der Waals surface area contributed by atoms with Gasteiger partial charge in [-0.05, 0) is 24.8 Å². The van der Waals surface area contributed by atoms with E-state index >= 15 is 0 Å². The van der Waals surface area contributed by atoms with E-state index in [1.807, 2.05) is 25.1 Å². The number of hydrogen-bond acceptors (Lipinski definition) is 2. The molecule has 0 heterocycles. The molecule has 0 radical (unpaired) electrons. The second-order valence-corrected chi connectivity index (χ2v) is 5.16. The summed E-state index contributed by atoms with van der Waals surface area (Å²) in [5.74, 6) is 0. The Morgan fingerprint density at radius 2 is 2.00 bits per heavy atom. The van der Waals surface area contributed by atoms with Crippen molar-refractivity contribution in [2.45, 2.75) is 26.2 Å². The quantitative estimate of drug-likeness (QED) is 0.769. The maximum Gasteiger partial charge on any atom is 0.126 e. The van der Waals surface area contributed by atoms with Crippen LogP contribution in [0.2, 0.25) is 0 Å². The molecule has 86 valence electrons. The lowest BCUT2D eigenvalue weighted by atomic mass is 9.71. The predicted octanol–water partition coefficient (Wildman–Crippen LogP) is 2.21. The first-order valence-electron chi connectivity index (χ1n) is 5.77. The summed E-state index contributed by atoms with van der Waals surface area (Å²) in [5, 5.41) is 9.59. The third-order valence-electron chi connectivity index (χ3n) is 4.00. The number of carbonyl (C=O) groups is 1. The minimum atomic E-state index is -0.309. The Balaban J connectivity index is 2.20. The molecular formula is C14H18O2. The smallest absolute Gasteiger partial charge is 0.126 e. The van der Waals surface area contributed by atoms with Gasteiger partial charge in [-0.15, -0.1) is 0 Å². The van der Waals surface area contributed by atoms with E-state index in [1.165, 1.54) is 5.56 Å². The monoisotopic (exact) mass is 218 g/mol. The lowest BCUT2D eigenvalue weighted by molar-refractivity contribution is -0.117. The molecule has 0 amide bonds. The van der Waals surface area contributed by atoms with Crippen molar-refractivity contribution in [1.82, 2.24) is 0 Å². The molecule has 2 nitrogen and oxygen atoms in total. The van der Waals surface area contributed by atoms with Crippen molar-refractivity contribution in [3.8, 4) is 0 Å². The van der Waals surface area contributed by atoms with Gasteiger partial charge in [-0.2, -0.15) is 0 Å². The van der Waals surface area contributed by atoms with Crippen LogP contribution in [0.4, 0.5) is 0 Å². The first-order valence-corrected chi connectivity index (χ1v) is 5.77. The summed E-state index contributed by atoms with van der Waals surface area (Å²) in [6, 6.07) is 10.1. The molecule has 0 saturated heterocycles. The molecule has 2 rings (SSSR count). The van der Waals surface area contributed by atoms with Crippen molar-refractivity contribution >= 4 is 6.29 Å². The standard InChI is InChI=1S/C14H18O2/c1-13(10-15,14(11-16)7-8-14)9-12-5-3-2-4-6-12/h2-6,11,15H,7-10H2,1H3. The number of aliphatic hydroxyl groups excluding tert-OH is 1. The Bertz CT molecular complexity index is 368. The highest BCUT2D eigenvalue weighted by Gasteiger charge is 2.56. The molecule has 1 aromatic rings. The second kappa shape index (κ2) is 4.02. The van der Waals surface area contributed by atoms with Gasteiger partial charge in [0.2, 0.25) is 0 Å². The molecular weight excluding hydrogens is 200 g/mol. The van der Waals surface area contributed by atoms with Crippen LogP contribution in [0.1, 0.15) is 25.3 Å².